The summed E-state index contributed by atoms with van der Waals surface area (Å²) in [7, 11) is 0. The van der Waals surface area contributed by atoms with Gasteiger partial charge in [0.05, 0.1) is 0 Å². The Bertz CT molecular complexity index is 705. The van der Waals surface area contributed by atoms with E-state index in [9.17, 15) is 14.7 Å². The predicted molar refractivity (Wildman–Crippen MR) is 80.7 cm³/mol. The number of aromatic nitrogens is 2. The van der Waals surface area contributed by atoms with Crippen molar-refractivity contribution < 1.29 is 19.2 Å². The maximum absolute atomic E-state index is 12.4. The summed E-state index contributed by atoms with van der Waals surface area (Å²) in [4.78, 5) is 27.9. The minimum Gasteiger partial charge on any atom is -0.480 e. The number of nitrogens with zero attached hydrogens (tertiary/aromatic N) is 2. The molecule has 0 aromatic carbocycles. The van der Waals surface area contributed by atoms with Crippen molar-refractivity contribution in [3.8, 4) is 11.3 Å². The van der Waals surface area contributed by atoms with Gasteiger partial charge in [0.1, 0.15) is 5.54 Å². The van der Waals surface area contributed by atoms with E-state index in [1.54, 1.807) is 24.5 Å². The van der Waals surface area contributed by atoms with Crippen LogP contribution >= 0.6 is 0 Å². The molecule has 23 heavy (non-hydrogen) atoms. The zero-order valence-corrected chi connectivity index (χ0v) is 12.5. The highest BCUT2D eigenvalue weighted by Crippen LogP contribution is 2.29. The van der Waals surface area contributed by atoms with Crippen LogP contribution < -0.4 is 5.32 Å². The highest BCUT2D eigenvalue weighted by molar-refractivity contribution is 5.97. The van der Waals surface area contributed by atoms with Gasteiger partial charge in [0.25, 0.3) is 5.91 Å². The number of amides is 1. The molecule has 0 atom stereocenters. The SMILES string of the molecule is O=C(NC1(C(=O)O)CCCCC1)c1cc(-c2cccnc2)on1. The van der Waals surface area contributed by atoms with Crippen molar-refractivity contribution in [3.05, 3.63) is 36.3 Å². The summed E-state index contributed by atoms with van der Waals surface area (Å²) in [6.07, 6.45) is 6.65. The summed E-state index contributed by atoms with van der Waals surface area (Å²) in [5, 5.41) is 15.9. The number of carbonyl (C=O) groups is 2. The van der Waals surface area contributed by atoms with E-state index >= 15 is 0 Å². The number of hydrogen-bond acceptors (Lipinski definition) is 5. The molecule has 1 aliphatic carbocycles. The summed E-state index contributed by atoms with van der Waals surface area (Å²) < 4.78 is 5.16. The van der Waals surface area contributed by atoms with E-state index in [4.69, 9.17) is 4.52 Å². The molecule has 2 aromatic rings. The monoisotopic (exact) mass is 315 g/mol. The van der Waals surface area contributed by atoms with E-state index in [1.807, 2.05) is 0 Å². The van der Waals surface area contributed by atoms with Crippen molar-refractivity contribution >= 4 is 11.9 Å². The number of pyridine rings is 1. The fraction of sp³-hybridized carbons (Fsp3) is 0.375. The van der Waals surface area contributed by atoms with E-state index in [0.717, 1.165) is 19.3 Å². The van der Waals surface area contributed by atoms with E-state index in [1.165, 1.54) is 6.07 Å². The van der Waals surface area contributed by atoms with E-state index in [2.05, 4.69) is 15.5 Å². The Morgan fingerprint density at radius 2 is 2.04 bits per heavy atom. The number of aliphatic carboxylic acids is 1. The van der Waals surface area contributed by atoms with Crippen molar-refractivity contribution in [2.24, 2.45) is 0 Å². The molecule has 1 fully saturated rings. The molecule has 1 saturated carbocycles. The van der Waals surface area contributed by atoms with Gasteiger partial charge in [0, 0.05) is 24.0 Å². The third-order valence-corrected chi connectivity index (χ3v) is 4.16. The summed E-state index contributed by atoms with van der Waals surface area (Å²) >= 11 is 0. The van der Waals surface area contributed by atoms with Crippen LogP contribution in [0.15, 0.2) is 35.1 Å². The lowest BCUT2D eigenvalue weighted by molar-refractivity contribution is -0.145. The number of nitrogens with one attached hydrogen (secondary N) is 1. The number of hydrogen-bond donors (Lipinski definition) is 2. The molecular weight excluding hydrogens is 298 g/mol. The Labute approximate surface area is 132 Å². The Kier molecular flexibility index (Phi) is 4.10. The average molecular weight is 315 g/mol. The van der Waals surface area contributed by atoms with Gasteiger partial charge in [-0.15, -0.1) is 0 Å². The molecule has 1 amide bonds. The molecule has 7 heteroatoms. The van der Waals surface area contributed by atoms with Crippen LogP contribution in [0.1, 0.15) is 42.6 Å². The van der Waals surface area contributed by atoms with E-state index in [0.29, 0.717) is 24.2 Å². The molecule has 1 aliphatic rings. The first-order chi connectivity index (χ1) is 11.1. The molecule has 0 spiro atoms. The fourth-order valence-electron chi connectivity index (χ4n) is 2.86. The highest BCUT2D eigenvalue weighted by atomic mass is 16.5. The zero-order valence-electron chi connectivity index (χ0n) is 12.5. The van der Waals surface area contributed by atoms with Gasteiger partial charge in [0.15, 0.2) is 11.5 Å². The average Bonchev–Trinajstić information content (AvgIpc) is 3.06. The molecule has 0 radical (unpaired) electrons. The summed E-state index contributed by atoms with van der Waals surface area (Å²) in [6.45, 7) is 0. The van der Waals surface area contributed by atoms with Crippen LogP contribution in [0.3, 0.4) is 0 Å². The maximum Gasteiger partial charge on any atom is 0.329 e. The van der Waals surface area contributed by atoms with Crippen LogP contribution in [-0.2, 0) is 4.79 Å². The normalized spacial score (nSPS) is 16.7. The molecule has 2 heterocycles. The minimum atomic E-state index is -1.21. The Morgan fingerprint density at radius 3 is 2.70 bits per heavy atom. The van der Waals surface area contributed by atoms with Crippen molar-refractivity contribution in [3.63, 3.8) is 0 Å². The molecule has 2 N–H and O–H groups in total. The van der Waals surface area contributed by atoms with Crippen molar-refractivity contribution in [2.45, 2.75) is 37.6 Å². The first-order valence-corrected chi connectivity index (χ1v) is 7.54. The topological polar surface area (TPSA) is 105 Å². The minimum absolute atomic E-state index is 0.0649. The second-order valence-corrected chi connectivity index (χ2v) is 5.72. The smallest absolute Gasteiger partial charge is 0.329 e. The van der Waals surface area contributed by atoms with Crippen LogP contribution in [0, 0.1) is 0 Å². The molecule has 0 saturated heterocycles. The standard InChI is InChI=1S/C16H17N3O4/c20-14(18-16(15(21)22)6-2-1-3-7-16)12-9-13(23-19-12)11-5-4-8-17-10-11/h4-5,8-10H,1-3,6-7H2,(H,18,20)(H,21,22). The largest absolute Gasteiger partial charge is 0.480 e. The van der Waals surface area contributed by atoms with Crippen molar-refractivity contribution in [2.75, 3.05) is 0 Å². The fourth-order valence-corrected chi connectivity index (χ4v) is 2.86. The Hall–Kier alpha value is -2.70. The van der Waals surface area contributed by atoms with Gasteiger partial charge >= 0.3 is 5.97 Å². The van der Waals surface area contributed by atoms with Gasteiger partial charge in [-0.25, -0.2) is 4.79 Å². The zero-order chi connectivity index (χ0) is 16.3. The lowest BCUT2D eigenvalue weighted by Gasteiger charge is -2.33. The lowest BCUT2D eigenvalue weighted by Crippen LogP contribution is -2.55. The van der Waals surface area contributed by atoms with Crippen molar-refractivity contribution in [1.29, 1.82) is 0 Å². The molecule has 0 aliphatic heterocycles. The quantitative estimate of drug-likeness (QED) is 0.896. The van der Waals surface area contributed by atoms with Gasteiger partial charge in [0.2, 0.25) is 0 Å². The van der Waals surface area contributed by atoms with Gasteiger partial charge in [-0.3, -0.25) is 9.78 Å². The van der Waals surface area contributed by atoms with Crippen LogP contribution in [0.2, 0.25) is 0 Å². The lowest BCUT2D eigenvalue weighted by atomic mass is 9.81. The molecule has 0 bridgehead atoms. The van der Waals surface area contributed by atoms with E-state index in [-0.39, 0.29) is 5.69 Å². The van der Waals surface area contributed by atoms with Crippen LogP contribution in [0.25, 0.3) is 11.3 Å². The van der Waals surface area contributed by atoms with Gasteiger partial charge in [-0.1, -0.05) is 24.4 Å². The molecule has 120 valence electrons. The van der Waals surface area contributed by atoms with E-state index < -0.39 is 17.4 Å². The molecule has 0 unspecified atom stereocenters. The second-order valence-electron chi connectivity index (χ2n) is 5.72. The third kappa shape index (κ3) is 3.08. The maximum atomic E-state index is 12.4. The Morgan fingerprint density at radius 1 is 1.26 bits per heavy atom. The van der Waals surface area contributed by atoms with Gasteiger partial charge < -0.3 is 14.9 Å². The van der Waals surface area contributed by atoms with Gasteiger partial charge in [-0.2, -0.15) is 0 Å². The predicted octanol–water partition coefficient (Wildman–Crippen LogP) is 2.25. The number of carboxylic acid groups (broad SMARTS) is 1. The number of carbonyl (C=O) groups excluding carboxylic acids is 1. The van der Waals surface area contributed by atoms with Crippen LogP contribution in [0.4, 0.5) is 0 Å². The van der Waals surface area contributed by atoms with Crippen LogP contribution in [-0.4, -0.2) is 32.7 Å². The third-order valence-electron chi connectivity index (χ3n) is 4.16. The molecular formula is C16H17N3O4. The second kappa shape index (κ2) is 6.20. The molecule has 3 rings (SSSR count). The first-order valence-electron chi connectivity index (χ1n) is 7.54. The van der Waals surface area contributed by atoms with Gasteiger partial charge in [-0.05, 0) is 25.0 Å². The summed E-state index contributed by atoms with van der Waals surface area (Å²) in [5.74, 6) is -1.12. The first kappa shape index (κ1) is 15.2. The van der Waals surface area contributed by atoms with Crippen LogP contribution in [0.5, 0.6) is 0 Å². The Balaban J connectivity index is 1.78. The van der Waals surface area contributed by atoms with Crippen molar-refractivity contribution in [1.82, 2.24) is 15.5 Å². The summed E-state index contributed by atoms with van der Waals surface area (Å²) in [6, 6.07) is 5.03. The molecule has 2 aromatic heterocycles. The molecule has 7 nitrogen and oxygen atoms in total. The highest BCUT2D eigenvalue weighted by Gasteiger charge is 2.41. The number of rotatable bonds is 4. The number of carboxylic acids is 1. The summed E-state index contributed by atoms with van der Waals surface area (Å²) in [5.41, 5.74) is -0.442.